The van der Waals surface area contributed by atoms with Gasteiger partial charge >= 0.3 is 5.97 Å². The highest BCUT2D eigenvalue weighted by Crippen LogP contribution is 2.37. The van der Waals surface area contributed by atoms with Gasteiger partial charge < -0.3 is 9.63 Å². The maximum Gasteiger partial charge on any atom is 0.341 e. The minimum absolute atomic E-state index is 0.268. The van der Waals surface area contributed by atoms with Crippen LogP contribution in [-0.4, -0.2) is 16.2 Å². The third-order valence-electron chi connectivity index (χ3n) is 3.50. The summed E-state index contributed by atoms with van der Waals surface area (Å²) in [5.74, 6) is -0.00988. The molecule has 0 bridgehead atoms. The number of carboxylic acids is 1. The van der Waals surface area contributed by atoms with Gasteiger partial charge in [-0.25, -0.2) is 4.79 Å². The zero-order valence-corrected chi connectivity index (χ0v) is 10.2. The number of aromatic nitrogens is 1. The highest BCUT2D eigenvalue weighted by molar-refractivity contribution is 5.90. The molecule has 1 heterocycles. The molecule has 1 aliphatic rings. The van der Waals surface area contributed by atoms with Gasteiger partial charge in [-0.15, -0.1) is 0 Å². The van der Waals surface area contributed by atoms with E-state index in [1.165, 1.54) is 0 Å². The Morgan fingerprint density at radius 1 is 1.47 bits per heavy atom. The zero-order chi connectivity index (χ0) is 12.3. The summed E-state index contributed by atoms with van der Waals surface area (Å²) in [6.45, 7) is 2.08. The molecule has 0 amide bonds. The van der Waals surface area contributed by atoms with Crippen molar-refractivity contribution in [2.24, 2.45) is 0 Å². The Kier molecular flexibility index (Phi) is 3.82. The van der Waals surface area contributed by atoms with Crippen molar-refractivity contribution in [3.8, 4) is 0 Å². The topological polar surface area (TPSA) is 63.3 Å². The number of carboxylic acid groups (broad SMARTS) is 1. The normalized spacial score (nSPS) is 16.5. The lowest BCUT2D eigenvalue weighted by atomic mass is 9.98. The summed E-state index contributed by atoms with van der Waals surface area (Å²) in [6.07, 6.45) is 7.07. The van der Waals surface area contributed by atoms with E-state index >= 15 is 0 Å². The van der Waals surface area contributed by atoms with Gasteiger partial charge in [0.2, 0.25) is 0 Å². The van der Waals surface area contributed by atoms with Crippen LogP contribution in [0.4, 0.5) is 0 Å². The predicted molar refractivity (Wildman–Crippen MR) is 63.3 cm³/mol. The summed E-state index contributed by atoms with van der Waals surface area (Å²) in [4.78, 5) is 11.3. The molecule has 2 rings (SSSR count). The summed E-state index contributed by atoms with van der Waals surface area (Å²) in [5, 5.41) is 13.3. The first-order valence-corrected chi connectivity index (χ1v) is 6.45. The molecular formula is C13H19NO3. The van der Waals surface area contributed by atoms with E-state index in [-0.39, 0.29) is 5.92 Å². The molecule has 4 nitrogen and oxygen atoms in total. The molecule has 0 aliphatic heterocycles. The van der Waals surface area contributed by atoms with Gasteiger partial charge in [-0.3, -0.25) is 0 Å². The molecule has 1 fully saturated rings. The Morgan fingerprint density at radius 3 is 2.76 bits per heavy atom. The van der Waals surface area contributed by atoms with Gasteiger partial charge in [0.05, 0.1) is 5.69 Å². The van der Waals surface area contributed by atoms with Gasteiger partial charge in [-0.05, 0) is 25.7 Å². The number of nitrogens with zero attached hydrogens (tertiary/aromatic N) is 1. The molecule has 1 aromatic rings. The number of hydrogen-bond acceptors (Lipinski definition) is 3. The van der Waals surface area contributed by atoms with Crippen molar-refractivity contribution in [3.05, 3.63) is 17.0 Å². The summed E-state index contributed by atoms with van der Waals surface area (Å²) < 4.78 is 5.31. The Morgan fingerprint density at radius 2 is 2.18 bits per heavy atom. The monoisotopic (exact) mass is 237 g/mol. The van der Waals surface area contributed by atoms with Gasteiger partial charge in [0.15, 0.2) is 5.76 Å². The van der Waals surface area contributed by atoms with Gasteiger partial charge in [-0.2, -0.15) is 0 Å². The predicted octanol–water partition coefficient (Wildman–Crippen LogP) is 3.37. The molecule has 1 aromatic heterocycles. The van der Waals surface area contributed by atoms with E-state index in [1.54, 1.807) is 0 Å². The number of carbonyl (C=O) groups is 1. The lowest BCUT2D eigenvalue weighted by Crippen LogP contribution is -2.05. The van der Waals surface area contributed by atoms with Crippen LogP contribution in [-0.2, 0) is 6.42 Å². The molecule has 0 atom stereocenters. The molecular weight excluding hydrogens is 218 g/mol. The first kappa shape index (κ1) is 12.1. The van der Waals surface area contributed by atoms with E-state index in [4.69, 9.17) is 4.52 Å². The highest BCUT2D eigenvalue weighted by Gasteiger charge is 2.29. The van der Waals surface area contributed by atoms with Crippen molar-refractivity contribution in [2.75, 3.05) is 0 Å². The average Bonchev–Trinajstić information content (AvgIpc) is 2.94. The number of unbranched alkanes of at least 4 members (excludes halogenated alkanes) is 1. The van der Waals surface area contributed by atoms with Crippen LogP contribution in [0.1, 0.15) is 73.2 Å². The van der Waals surface area contributed by atoms with Crippen molar-refractivity contribution in [1.82, 2.24) is 5.16 Å². The van der Waals surface area contributed by atoms with Gasteiger partial charge in [-0.1, -0.05) is 31.3 Å². The molecule has 0 aromatic carbocycles. The summed E-state index contributed by atoms with van der Waals surface area (Å²) in [6, 6.07) is 0. The van der Waals surface area contributed by atoms with Crippen LogP contribution < -0.4 is 0 Å². The summed E-state index contributed by atoms with van der Waals surface area (Å²) in [7, 11) is 0. The molecule has 1 saturated carbocycles. The van der Waals surface area contributed by atoms with Crippen LogP contribution >= 0.6 is 0 Å². The van der Waals surface area contributed by atoms with Gasteiger partial charge in [0.1, 0.15) is 5.56 Å². The quantitative estimate of drug-likeness (QED) is 0.852. The molecule has 17 heavy (non-hydrogen) atoms. The van der Waals surface area contributed by atoms with Crippen LogP contribution in [0.5, 0.6) is 0 Å². The fourth-order valence-corrected chi connectivity index (χ4v) is 2.55. The number of rotatable bonds is 5. The summed E-state index contributed by atoms with van der Waals surface area (Å²) >= 11 is 0. The Labute approximate surface area is 101 Å². The first-order chi connectivity index (χ1) is 8.24. The lowest BCUT2D eigenvalue weighted by Gasteiger charge is -2.05. The van der Waals surface area contributed by atoms with E-state index in [2.05, 4.69) is 12.1 Å². The van der Waals surface area contributed by atoms with Crippen molar-refractivity contribution in [1.29, 1.82) is 0 Å². The molecule has 0 unspecified atom stereocenters. The first-order valence-electron chi connectivity index (χ1n) is 6.45. The Bertz CT molecular complexity index is 391. The minimum atomic E-state index is -0.890. The van der Waals surface area contributed by atoms with Crippen molar-refractivity contribution in [2.45, 2.75) is 57.8 Å². The molecule has 1 N–H and O–H groups in total. The maximum absolute atomic E-state index is 11.3. The SMILES string of the molecule is CCCCc1noc(C2CCCC2)c1C(=O)O. The van der Waals surface area contributed by atoms with E-state index in [1.807, 2.05) is 0 Å². The standard InChI is InChI=1S/C13H19NO3/c1-2-3-8-10-11(13(15)16)12(17-14-10)9-6-4-5-7-9/h9H,2-8H2,1H3,(H,15,16). The Hall–Kier alpha value is -1.32. The highest BCUT2D eigenvalue weighted by atomic mass is 16.5. The molecule has 1 aliphatic carbocycles. The number of aromatic carboxylic acids is 1. The van der Waals surface area contributed by atoms with Crippen molar-refractivity contribution >= 4 is 5.97 Å². The van der Waals surface area contributed by atoms with Gasteiger partial charge in [0.25, 0.3) is 0 Å². The van der Waals surface area contributed by atoms with Crippen molar-refractivity contribution < 1.29 is 14.4 Å². The molecule has 0 spiro atoms. The second-order valence-corrected chi connectivity index (χ2v) is 4.76. The minimum Gasteiger partial charge on any atom is -0.477 e. The molecule has 4 heteroatoms. The average molecular weight is 237 g/mol. The number of aryl methyl sites for hydroxylation is 1. The molecule has 0 saturated heterocycles. The van der Waals surface area contributed by atoms with Crippen LogP contribution in [0.2, 0.25) is 0 Å². The zero-order valence-electron chi connectivity index (χ0n) is 10.2. The second-order valence-electron chi connectivity index (χ2n) is 4.76. The third-order valence-corrected chi connectivity index (χ3v) is 3.50. The van der Waals surface area contributed by atoms with E-state index in [0.29, 0.717) is 23.4 Å². The Balaban J connectivity index is 2.25. The third kappa shape index (κ3) is 2.51. The fraction of sp³-hybridized carbons (Fsp3) is 0.692. The maximum atomic E-state index is 11.3. The van der Waals surface area contributed by atoms with Crippen molar-refractivity contribution in [3.63, 3.8) is 0 Å². The van der Waals surface area contributed by atoms with Gasteiger partial charge in [0, 0.05) is 5.92 Å². The van der Waals surface area contributed by atoms with Crippen LogP contribution in [0.25, 0.3) is 0 Å². The summed E-state index contributed by atoms with van der Waals surface area (Å²) in [5.41, 5.74) is 0.964. The number of hydrogen-bond donors (Lipinski definition) is 1. The second kappa shape index (κ2) is 5.34. The van der Waals surface area contributed by atoms with Crippen LogP contribution in [0.3, 0.4) is 0 Å². The van der Waals surface area contributed by atoms with E-state index in [0.717, 1.165) is 38.5 Å². The molecule has 0 radical (unpaired) electrons. The van der Waals surface area contributed by atoms with Crippen LogP contribution in [0, 0.1) is 0 Å². The molecule has 94 valence electrons. The fourth-order valence-electron chi connectivity index (χ4n) is 2.55. The van der Waals surface area contributed by atoms with E-state index in [9.17, 15) is 9.90 Å². The largest absolute Gasteiger partial charge is 0.477 e. The van der Waals surface area contributed by atoms with Crippen LogP contribution in [0.15, 0.2) is 4.52 Å². The van der Waals surface area contributed by atoms with E-state index < -0.39 is 5.97 Å². The smallest absolute Gasteiger partial charge is 0.341 e. The lowest BCUT2D eigenvalue weighted by molar-refractivity contribution is 0.0692.